The molecule has 0 bridgehead atoms. The van der Waals surface area contributed by atoms with Gasteiger partial charge in [-0.15, -0.1) is 0 Å². The summed E-state index contributed by atoms with van der Waals surface area (Å²) in [6, 6.07) is 18.7. The Kier molecular flexibility index (Phi) is 4.83. The van der Waals surface area contributed by atoms with Crippen molar-refractivity contribution in [2.24, 2.45) is 5.10 Å². The Bertz CT molecular complexity index is 1140. The predicted molar refractivity (Wildman–Crippen MR) is 114 cm³/mol. The van der Waals surface area contributed by atoms with Gasteiger partial charge in [0, 0.05) is 0 Å². The highest BCUT2D eigenvalue weighted by atomic mass is 16.3. The molecule has 1 aliphatic heterocycles. The summed E-state index contributed by atoms with van der Waals surface area (Å²) in [6.07, 6.45) is 5.19. The summed E-state index contributed by atoms with van der Waals surface area (Å²) < 4.78 is 1.49. The highest BCUT2D eigenvalue weighted by Crippen LogP contribution is 2.27. The molecule has 1 aliphatic rings. The molecule has 0 fully saturated rings. The van der Waals surface area contributed by atoms with Crippen LogP contribution in [0.5, 0.6) is 5.88 Å². The number of hydrogen-bond donors (Lipinski definition) is 1. The van der Waals surface area contributed by atoms with Crippen molar-refractivity contribution in [3.8, 4) is 11.6 Å². The molecule has 2 aromatic carbocycles. The summed E-state index contributed by atoms with van der Waals surface area (Å²) in [6.45, 7) is 3.63. The van der Waals surface area contributed by atoms with Crippen LogP contribution in [0.1, 0.15) is 18.2 Å². The average Bonchev–Trinajstić information content (AvgIpc) is 3.19. The van der Waals surface area contributed by atoms with E-state index in [0.717, 1.165) is 11.4 Å². The van der Waals surface area contributed by atoms with E-state index >= 15 is 0 Å². The number of aryl methyl sites for hydroxylation is 1. The van der Waals surface area contributed by atoms with Gasteiger partial charge in [0.1, 0.15) is 0 Å². The topological polar surface area (TPSA) is 70.7 Å². The Hall–Kier alpha value is -3.93. The van der Waals surface area contributed by atoms with E-state index < -0.39 is 0 Å². The summed E-state index contributed by atoms with van der Waals surface area (Å²) >= 11 is 0. The molecule has 144 valence electrons. The van der Waals surface area contributed by atoms with Crippen molar-refractivity contribution < 1.29 is 9.90 Å². The molecular weight excluding hydrogens is 364 g/mol. The van der Waals surface area contributed by atoms with E-state index in [-0.39, 0.29) is 11.8 Å². The number of allylic oxidation sites excluding steroid dienone is 2. The van der Waals surface area contributed by atoms with Gasteiger partial charge < -0.3 is 5.11 Å². The number of anilines is 1. The predicted octanol–water partition coefficient (Wildman–Crippen LogP) is 4.25. The molecule has 0 spiro atoms. The quantitative estimate of drug-likeness (QED) is 0.684. The van der Waals surface area contributed by atoms with Gasteiger partial charge in [-0.05, 0) is 50.3 Å². The lowest BCUT2D eigenvalue weighted by atomic mass is 10.1. The van der Waals surface area contributed by atoms with Crippen LogP contribution in [0.25, 0.3) is 11.8 Å². The summed E-state index contributed by atoms with van der Waals surface area (Å²) in [5.41, 5.74) is 3.95. The number of benzene rings is 2. The highest BCUT2D eigenvalue weighted by molar-refractivity contribution is 6.29. The highest BCUT2D eigenvalue weighted by Gasteiger charge is 2.27. The van der Waals surface area contributed by atoms with E-state index in [0.29, 0.717) is 22.5 Å². The maximum atomic E-state index is 12.7. The molecule has 0 radical (unpaired) electrons. The van der Waals surface area contributed by atoms with Crippen molar-refractivity contribution in [3.05, 3.63) is 89.6 Å². The van der Waals surface area contributed by atoms with Crippen LogP contribution in [0.3, 0.4) is 0 Å². The fourth-order valence-electron chi connectivity index (χ4n) is 3.17. The third kappa shape index (κ3) is 3.48. The van der Waals surface area contributed by atoms with Crippen LogP contribution < -0.4 is 5.01 Å². The van der Waals surface area contributed by atoms with E-state index in [1.807, 2.05) is 67.6 Å². The van der Waals surface area contributed by atoms with Gasteiger partial charge in [0.15, 0.2) is 0 Å². The lowest BCUT2D eigenvalue weighted by Gasteiger charge is -2.10. The van der Waals surface area contributed by atoms with E-state index in [2.05, 4.69) is 10.2 Å². The number of carbonyl (C=O) groups excluding carboxylic acids is 1. The molecule has 0 unspecified atom stereocenters. The number of nitrogens with zero attached hydrogens (tertiary/aromatic N) is 4. The summed E-state index contributed by atoms with van der Waals surface area (Å²) in [5, 5.41) is 20.7. The molecule has 29 heavy (non-hydrogen) atoms. The molecule has 6 nitrogen and oxygen atoms in total. The number of aromatic nitrogens is 2. The minimum atomic E-state index is -0.181. The van der Waals surface area contributed by atoms with E-state index in [4.69, 9.17) is 0 Å². The smallest absolute Gasteiger partial charge is 0.280 e. The van der Waals surface area contributed by atoms with Crippen molar-refractivity contribution in [2.45, 2.75) is 13.8 Å². The van der Waals surface area contributed by atoms with Crippen LogP contribution in [0.2, 0.25) is 0 Å². The second-order valence-corrected chi connectivity index (χ2v) is 6.65. The zero-order chi connectivity index (χ0) is 20.4. The molecular formula is C23H20N4O2. The minimum Gasteiger partial charge on any atom is -0.493 e. The summed E-state index contributed by atoms with van der Waals surface area (Å²) in [7, 11) is 0. The second kappa shape index (κ2) is 7.59. The maximum absolute atomic E-state index is 12.7. The number of amides is 1. The number of para-hydroxylation sites is 2. The van der Waals surface area contributed by atoms with E-state index in [9.17, 15) is 9.90 Å². The lowest BCUT2D eigenvalue weighted by Crippen LogP contribution is -2.21. The van der Waals surface area contributed by atoms with Gasteiger partial charge >= 0.3 is 0 Å². The molecule has 0 aliphatic carbocycles. The number of hydrogen-bond acceptors (Lipinski definition) is 4. The standard InChI is InChI=1S/C23H20N4O2/c1-16-20(22(28)26(24-16)18-10-5-3-6-11-18)14-9-15-21-17(2)25-27(23(21)29)19-12-7-4-8-13-19/h3-15,28H,1-2H3/b14-9+,21-15+. The molecule has 2 heterocycles. The Morgan fingerprint density at radius 2 is 1.55 bits per heavy atom. The average molecular weight is 384 g/mol. The Labute approximate surface area is 168 Å². The van der Waals surface area contributed by atoms with Crippen molar-refractivity contribution in [3.63, 3.8) is 0 Å². The van der Waals surface area contributed by atoms with Crippen LogP contribution >= 0.6 is 0 Å². The van der Waals surface area contributed by atoms with Gasteiger partial charge in [-0.1, -0.05) is 42.5 Å². The third-order valence-corrected chi connectivity index (χ3v) is 4.67. The van der Waals surface area contributed by atoms with Gasteiger partial charge in [-0.25, -0.2) is 4.68 Å². The van der Waals surface area contributed by atoms with Crippen LogP contribution in [-0.4, -0.2) is 26.5 Å². The van der Waals surface area contributed by atoms with Gasteiger partial charge in [0.05, 0.1) is 33.9 Å². The fraction of sp³-hybridized carbons (Fsp3) is 0.0870. The zero-order valence-electron chi connectivity index (χ0n) is 16.1. The van der Waals surface area contributed by atoms with Crippen LogP contribution in [-0.2, 0) is 4.79 Å². The van der Waals surface area contributed by atoms with Gasteiger partial charge in [0.2, 0.25) is 5.88 Å². The number of carbonyl (C=O) groups is 1. The maximum Gasteiger partial charge on any atom is 0.280 e. The molecule has 4 rings (SSSR count). The van der Waals surface area contributed by atoms with Gasteiger partial charge in [0.25, 0.3) is 5.91 Å². The molecule has 1 N–H and O–H groups in total. The van der Waals surface area contributed by atoms with Crippen molar-refractivity contribution in [2.75, 3.05) is 5.01 Å². The largest absolute Gasteiger partial charge is 0.493 e. The first-order valence-electron chi connectivity index (χ1n) is 9.23. The Balaban J connectivity index is 1.59. The van der Waals surface area contributed by atoms with Crippen LogP contribution in [0.15, 0.2) is 83.5 Å². The number of hydrazone groups is 1. The summed E-state index contributed by atoms with van der Waals surface area (Å²) in [4.78, 5) is 12.7. The zero-order valence-corrected chi connectivity index (χ0v) is 16.1. The van der Waals surface area contributed by atoms with Crippen LogP contribution in [0.4, 0.5) is 5.69 Å². The minimum absolute atomic E-state index is 0.0531. The molecule has 0 saturated carbocycles. The molecule has 6 heteroatoms. The van der Waals surface area contributed by atoms with Gasteiger partial charge in [-0.2, -0.15) is 15.2 Å². The van der Waals surface area contributed by atoms with E-state index in [1.54, 1.807) is 25.2 Å². The second-order valence-electron chi connectivity index (χ2n) is 6.65. The van der Waals surface area contributed by atoms with Crippen LogP contribution in [0, 0.1) is 6.92 Å². The SMILES string of the molecule is CC1=NN(c2ccccc2)C(=O)/C1=C/C=C/c1c(C)nn(-c2ccccc2)c1O. The monoisotopic (exact) mass is 384 g/mol. The van der Waals surface area contributed by atoms with Gasteiger partial charge in [-0.3, -0.25) is 4.79 Å². The molecule has 3 aromatic rings. The third-order valence-electron chi connectivity index (χ3n) is 4.67. The normalized spacial score (nSPS) is 15.5. The van der Waals surface area contributed by atoms with Crippen molar-refractivity contribution in [1.82, 2.24) is 9.78 Å². The number of aromatic hydroxyl groups is 1. The van der Waals surface area contributed by atoms with Crippen molar-refractivity contribution >= 4 is 23.4 Å². The molecule has 1 amide bonds. The van der Waals surface area contributed by atoms with Crippen molar-refractivity contribution in [1.29, 1.82) is 0 Å². The number of rotatable bonds is 4. The van der Waals surface area contributed by atoms with E-state index in [1.165, 1.54) is 9.69 Å². The lowest BCUT2D eigenvalue weighted by molar-refractivity contribution is -0.114. The summed E-state index contributed by atoms with van der Waals surface area (Å²) in [5.74, 6) is -0.128. The first-order chi connectivity index (χ1) is 14.1. The molecule has 0 atom stereocenters. The first-order valence-corrected chi connectivity index (χ1v) is 9.23. The first kappa shape index (κ1) is 18.4. The molecule has 0 saturated heterocycles. The Morgan fingerprint density at radius 3 is 2.21 bits per heavy atom. The Morgan fingerprint density at radius 1 is 0.931 bits per heavy atom. The fourth-order valence-corrected chi connectivity index (χ4v) is 3.17. The molecule has 1 aromatic heterocycles.